The second-order valence-electron chi connectivity index (χ2n) is 5.05. The highest BCUT2D eigenvalue weighted by molar-refractivity contribution is 5.44. The Hall–Kier alpha value is -1.02. The van der Waals surface area contributed by atoms with Gasteiger partial charge in [0.15, 0.2) is 0 Å². The summed E-state index contributed by atoms with van der Waals surface area (Å²) in [4.78, 5) is 0. The zero-order chi connectivity index (χ0) is 11.0. The molecule has 2 aliphatic rings. The van der Waals surface area contributed by atoms with Crippen LogP contribution < -0.4 is 10.1 Å². The molecule has 2 nitrogen and oxygen atoms in total. The number of fused-ring (bicyclic) bond motifs is 2. The van der Waals surface area contributed by atoms with Crippen LogP contribution in [-0.2, 0) is 11.8 Å². The molecule has 1 aliphatic carbocycles. The molecular formula is C14H19NO. The molecule has 1 aliphatic heterocycles. The van der Waals surface area contributed by atoms with E-state index in [0.29, 0.717) is 5.41 Å². The molecule has 2 heteroatoms. The molecule has 16 heavy (non-hydrogen) atoms. The third-order valence-corrected chi connectivity index (χ3v) is 4.32. The van der Waals surface area contributed by atoms with E-state index >= 15 is 0 Å². The van der Waals surface area contributed by atoms with Gasteiger partial charge in [0.25, 0.3) is 0 Å². The molecule has 1 spiro atoms. The van der Waals surface area contributed by atoms with Crippen LogP contribution in [0.2, 0.25) is 0 Å². The summed E-state index contributed by atoms with van der Waals surface area (Å²) in [5.41, 5.74) is 3.56. The molecule has 0 atom stereocenters. The van der Waals surface area contributed by atoms with Crippen molar-refractivity contribution in [1.29, 1.82) is 0 Å². The lowest BCUT2D eigenvalue weighted by Crippen LogP contribution is -2.38. The summed E-state index contributed by atoms with van der Waals surface area (Å²) in [6.07, 6.45) is 5.15. The molecule has 1 N–H and O–H groups in total. The molecule has 0 amide bonds. The maximum atomic E-state index is 5.36. The van der Waals surface area contributed by atoms with Crippen molar-refractivity contribution in [2.45, 2.75) is 31.1 Å². The first-order valence-corrected chi connectivity index (χ1v) is 6.22. The molecule has 1 aromatic rings. The lowest BCUT2D eigenvalue weighted by atomic mass is 9.74. The Kier molecular flexibility index (Phi) is 2.40. The Labute approximate surface area is 97.0 Å². The average molecular weight is 217 g/mol. The van der Waals surface area contributed by atoms with Gasteiger partial charge >= 0.3 is 0 Å². The largest absolute Gasteiger partial charge is 0.497 e. The highest BCUT2D eigenvalue weighted by Gasteiger charge is 2.39. The molecule has 86 valence electrons. The average Bonchev–Trinajstić information content (AvgIpc) is 2.69. The van der Waals surface area contributed by atoms with Gasteiger partial charge in [-0.15, -0.1) is 0 Å². The number of hydrogen-bond donors (Lipinski definition) is 1. The maximum Gasteiger partial charge on any atom is 0.119 e. The van der Waals surface area contributed by atoms with E-state index in [2.05, 4.69) is 23.5 Å². The third-order valence-electron chi connectivity index (χ3n) is 4.32. The Balaban J connectivity index is 2.02. The Morgan fingerprint density at radius 2 is 2.00 bits per heavy atom. The number of aryl methyl sites for hydroxylation is 1. The van der Waals surface area contributed by atoms with Crippen molar-refractivity contribution in [1.82, 2.24) is 5.32 Å². The van der Waals surface area contributed by atoms with Crippen LogP contribution in [0, 0.1) is 0 Å². The van der Waals surface area contributed by atoms with Gasteiger partial charge in [0.05, 0.1) is 7.11 Å². The fourth-order valence-electron chi connectivity index (χ4n) is 3.33. The van der Waals surface area contributed by atoms with Gasteiger partial charge in [0, 0.05) is 0 Å². The highest BCUT2D eigenvalue weighted by Crippen LogP contribution is 2.46. The quantitative estimate of drug-likeness (QED) is 0.779. The van der Waals surface area contributed by atoms with Gasteiger partial charge in [-0.1, -0.05) is 6.07 Å². The van der Waals surface area contributed by atoms with Crippen molar-refractivity contribution in [3.63, 3.8) is 0 Å². The van der Waals surface area contributed by atoms with Crippen LogP contribution >= 0.6 is 0 Å². The SMILES string of the molecule is COc1ccc2c(c1)C1(CCNCC1)CC2. The van der Waals surface area contributed by atoms with Gasteiger partial charge in [-0.05, 0) is 67.4 Å². The topological polar surface area (TPSA) is 21.3 Å². The minimum absolute atomic E-state index is 0.453. The van der Waals surface area contributed by atoms with Crippen LogP contribution in [0.25, 0.3) is 0 Å². The minimum atomic E-state index is 0.453. The fraction of sp³-hybridized carbons (Fsp3) is 0.571. The van der Waals surface area contributed by atoms with Crippen molar-refractivity contribution < 1.29 is 4.74 Å². The number of hydrogen-bond acceptors (Lipinski definition) is 2. The molecule has 0 unspecified atom stereocenters. The molecule has 0 saturated carbocycles. The van der Waals surface area contributed by atoms with E-state index in [9.17, 15) is 0 Å². The van der Waals surface area contributed by atoms with Gasteiger partial charge in [0.1, 0.15) is 5.75 Å². The van der Waals surface area contributed by atoms with Crippen molar-refractivity contribution in [2.75, 3.05) is 20.2 Å². The Morgan fingerprint density at radius 3 is 2.75 bits per heavy atom. The van der Waals surface area contributed by atoms with E-state index in [1.165, 1.54) is 25.7 Å². The zero-order valence-corrected chi connectivity index (χ0v) is 9.88. The maximum absolute atomic E-state index is 5.36. The van der Waals surface area contributed by atoms with Crippen LogP contribution in [-0.4, -0.2) is 20.2 Å². The summed E-state index contributed by atoms with van der Waals surface area (Å²) in [5.74, 6) is 1.01. The first-order valence-electron chi connectivity index (χ1n) is 6.22. The summed E-state index contributed by atoms with van der Waals surface area (Å²) in [6.45, 7) is 2.33. The lowest BCUT2D eigenvalue weighted by Gasteiger charge is -2.35. The Bertz CT molecular complexity index is 388. The number of nitrogens with one attached hydrogen (secondary N) is 1. The minimum Gasteiger partial charge on any atom is -0.497 e. The standard InChI is InChI=1S/C14H19NO/c1-16-12-3-2-11-4-5-14(13(11)10-12)6-8-15-9-7-14/h2-3,10,15H,4-9H2,1H3. The fourth-order valence-corrected chi connectivity index (χ4v) is 3.33. The molecule has 3 rings (SSSR count). The summed E-state index contributed by atoms with van der Waals surface area (Å²) in [5, 5.41) is 3.46. The van der Waals surface area contributed by atoms with Crippen molar-refractivity contribution in [2.24, 2.45) is 0 Å². The summed E-state index contributed by atoms with van der Waals surface area (Å²) in [7, 11) is 1.76. The van der Waals surface area contributed by atoms with Gasteiger partial charge < -0.3 is 10.1 Å². The van der Waals surface area contributed by atoms with E-state index in [-0.39, 0.29) is 0 Å². The van der Waals surface area contributed by atoms with Gasteiger partial charge in [-0.25, -0.2) is 0 Å². The third kappa shape index (κ3) is 1.44. The number of ether oxygens (including phenoxy) is 1. The monoisotopic (exact) mass is 217 g/mol. The van der Waals surface area contributed by atoms with Crippen LogP contribution in [0.3, 0.4) is 0 Å². The second-order valence-corrected chi connectivity index (χ2v) is 5.05. The highest BCUT2D eigenvalue weighted by atomic mass is 16.5. The predicted molar refractivity (Wildman–Crippen MR) is 65.1 cm³/mol. The number of methoxy groups -OCH3 is 1. The van der Waals surface area contributed by atoms with Crippen molar-refractivity contribution >= 4 is 0 Å². The predicted octanol–water partition coefficient (Wildman–Crippen LogP) is 2.26. The summed E-state index contributed by atoms with van der Waals surface area (Å²) >= 11 is 0. The Morgan fingerprint density at radius 1 is 1.19 bits per heavy atom. The van der Waals surface area contributed by atoms with Crippen molar-refractivity contribution in [3.8, 4) is 5.75 Å². The number of piperidine rings is 1. The van der Waals surface area contributed by atoms with Crippen LogP contribution in [0.4, 0.5) is 0 Å². The summed E-state index contributed by atoms with van der Waals surface area (Å²) < 4.78 is 5.36. The molecule has 1 fully saturated rings. The van der Waals surface area contributed by atoms with Gasteiger partial charge in [-0.2, -0.15) is 0 Å². The smallest absolute Gasteiger partial charge is 0.119 e. The normalized spacial score (nSPS) is 22.1. The summed E-state index contributed by atoms with van der Waals surface area (Å²) in [6, 6.07) is 6.62. The van der Waals surface area contributed by atoms with E-state index < -0.39 is 0 Å². The van der Waals surface area contributed by atoms with E-state index in [1.807, 2.05) is 0 Å². The number of rotatable bonds is 1. The molecule has 1 heterocycles. The second kappa shape index (κ2) is 3.77. The molecule has 0 radical (unpaired) electrons. The molecule has 1 saturated heterocycles. The van der Waals surface area contributed by atoms with Crippen molar-refractivity contribution in [3.05, 3.63) is 29.3 Å². The van der Waals surface area contributed by atoms with Gasteiger partial charge in [0.2, 0.25) is 0 Å². The van der Waals surface area contributed by atoms with E-state index in [0.717, 1.165) is 18.8 Å². The molecule has 0 bridgehead atoms. The van der Waals surface area contributed by atoms with E-state index in [1.54, 1.807) is 18.2 Å². The first-order chi connectivity index (χ1) is 7.84. The van der Waals surface area contributed by atoms with Crippen LogP contribution in [0.1, 0.15) is 30.4 Å². The zero-order valence-electron chi connectivity index (χ0n) is 9.88. The lowest BCUT2D eigenvalue weighted by molar-refractivity contribution is 0.305. The molecular weight excluding hydrogens is 198 g/mol. The first kappa shape index (κ1) is 10.2. The van der Waals surface area contributed by atoms with Gasteiger partial charge in [-0.3, -0.25) is 0 Å². The molecule has 1 aromatic carbocycles. The van der Waals surface area contributed by atoms with E-state index in [4.69, 9.17) is 4.74 Å². The van der Waals surface area contributed by atoms with Crippen LogP contribution in [0.5, 0.6) is 5.75 Å². The molecule has 0 aromatic heterocycles. The van der Waals surface area contributed by atoms with Crippen LogP contribution in [0.15, 0.2) is 18.2 Å². The number of benzene rings is 1.